The van der Waals surface area contributed by atoms with Crippen LogP contribution < -0.4 is 16.4 Å². The van der Waals surface area contributed by atoms with Crippen LogP contribution in [-0.2, 0) is 0 Å². The average Bonchev–Trinajstić information content (AvgIpc) is 3.16. The van der Waals surface area contributed by atoms with Crippen LogP contribution in [-0.4, -0.2) is 18.0 Å². The fourth-order valence-electron chi connectivity index (χ4n) is 2.10. The molecule has 0 radical (unpaired) electrons. The van der Waals surface area contributed by atoms with E-state index in [4.69, 9.17) is 5.73 Å². The fourth-order valence-corrected chi connectivity index (χ4v) is 2.10. The number of nitrogens with one attached hydrogen (secondary N) is 2. The highest BCUT2D eigenvalue weighted by Crippen LogP contribution is 2.23. The smallest absolute Gasteiger partial charge is 0.251 e. The van der Waals surface area contributed by atoms with E-state index < -0.39 is 0 Å². The number of benzene rings is 1. The Kier molecular flexibility index (Phi) is 4.30. The van der Waals surface area contributed by atoms with Gasteiger partial charge in [-0.3, -0.25) is 4.79 Å². The quantitative estimate of drug-likeness (QED) is 0.690. The summed E-state index contributed by atoms with van der Waals surface area (Å²) in [5.41, 5.74) is 8.18. The van der Waals surface area contributed by atoms with E-state index in [0.717, 1.165) is 31.4 Å². The number of anilines is 2. The van der Waals surface area contributed by atoms with Crippen LogP contribution in [0.15, 0.2) is 18.2 Å². The van der Waals surface area contributed by atoms with Gasteiger partial charge in [0.25, 0.3) is 5.91 Å². The highest BCUT2D eigenvalue weighted by Gasteiger charge is 2.23. The van der Waals surface area contributed by atoms with Crippen molar-refractivity contribution in [2.45, 2.75) is 51.6 Å². The van der Waals surface area contributed by atoms with Gasteiger partial charge in [0.1, 0.15) is 0 Å². The molecule has 19 heavy (non-hydrogen) atoms. The van der Waals surface area contributed by atoms with Crippen LogP contribution in [0, 0.1) is 0 Å². The van der Waals surface area contributed by atoms with Gasteiger partial charge in [-0.15, -0.1) is 0 Å². The zero-order valence-electron chi connectivity index (χ0n) is 11.7. The van der Waals surface area contributed by atoms with Gasteiger partial charge in [0.15, 0.2) is 0 Å². The first-order valence-electron chi connectivity index (χ1n) is 7.07. The van der Waals surface area contributed by atoms with E-state index in [1.165, 1.54) is 0 Å². The van der Waals surface area contributed by atoms with E-state index in [1.807, 2.05) is 12.1 Å². The Hall–Kier alpha value is -1.71. The van der Waals surface area contributed by atoms with Crippen molar-refractivity contribution in [3.05, 3.63) is 23.8 Å². The highest BCUT2D eigenvalue weighted by molar-refractivity contribution is 5.96. The van der Waals surface area contributed by atoms with Gasteiger partial charge in [-0.1, -0.05) is 13.3 Å². The molecule has 1 aliphatic rings. The summed E-state index contributed by atoms with van der Waals surface area (Å²) in [5.74, 6) is -0.0256. The monoisotopic (exact) mass is 261 g/mol. The number of rotatable bonds is 6. The summed E-state index contributed by atoms with van der Waals surface area (Å²) in [6.45, 7) is 4.30. The number of carbonyl (C=O) groups is 1. The minimum Gasteiger partial charge on any atom is -0.397 e. The van der Waals surface area contributed by atoms with Crippen molar-refractivity contribution in [2.24, 2.45) is 0 Å². The van der Waals surface area contributed by atoms with Gasteiger partial charge in [0, 0.05) is 17.6 Å². The Morgan fingerprint density at radius 1 is 1.47 bits per heavy atom. The molecule has 0 heterocycles. The molecule has 1 aromatic carbocycles. The van der Waals surface area contributed by atoms with Crippen LogP contribution >= 0.6 is 0 Å². The fraction of sp³-hybridized carbons (Fsp3) is 0.533. The summed E-state index contributed by atoms with van der Waals surface area (Å²) in [7, 11) is 0. The average molecular weight is 261 g/mol. The van der Waals surface area contributed by atoms with Gasteiger partial charge in [-0.05, 0) is 44.4 Å². The molecule has 0 spiro atoms. The molecule has 1 saturated carbocycles. The van der Waals surface area contributed by atoms with Crippen LogP contribution in [0.2, 0.25) is 0 Å². The third kappa shape index (κ3) is 3.88. The Balaban J connectivity index is 2.01. The predicted octanol–water partition coefficient (Wildman–Crippen LogP) is 2.76. The van der Waals surface area contributed by atoms with Crippen molar-refractivity contribution in [3.8, 4) is 0 Å². The number of hydrogen-bond acceptors (Lipinski definition) is 3. The van der Waals surface area contributed by atoms with Gasteiger partial charge in [-0.2, -0.15) is 0 Å². The summed E-state index contributed by atoms with van der Waals surface area (Å²) in [4.78, 5) is 11.9. The van der Waals surface area contributed by atoms with Gasteiger partial charge < -0.3 is 16.4 Å². The molecule has 0 aliphatic heterocycles. The van der Waals surface area contributed by atoms with Crippen LogP contribution in [0.5, 0.6) is 0 Å². The first-order valence-corrected chi connectivity index (χ1v) is 7.07. The molecule has 4 heteroatoms. The SMILES string of the molecule is CCC[C@@H](C)Nc1ccc(C(=O)NC2CC2)cc1N. The Bertz CT molecular complexity index is 455. The second-order valence-corrected chi connectivity index (χ2v) is 5.38. The lowest BCUT2D eigenvalue weighted by atomic mass is 10.1. The normalized spacial score (nSPS) is 15.9. The largest absolute Gasteiger partial charge is 0.397 e. The molecule has 1 atom stereocenters. The Morgan fingerprint density at radius 2 is 2.21 bits per heavy atom. The minimum absolute atomic E-state index is 0.0256. The molecular formula is C15H23N3O. The molecule has 104 valence electrons. The molecular weight excluding hydrogens is 238 g/mol. The number of amides is 1. The third-order valence-electron chi connectivity index (χ3n) is 3.35. The first kappa shape index (κ1) is 13.7. The van der Waals surface area contributed by atoms with Crippen molar-refractivity contribution in [1.82, 2.24) is 5.32 Å². The zero-order valence-corrected chi connectivity index (χ0v) is 11.7. The number of nitrogen functional groups attached to an aromatic ring is 1. The zero-order chi connectivity index (χ0) is 13.8. The summed E-state index contributed by atoms with van der Waals surface area (Å²) in [6.07, 6.45) is 4.42. The van der Waals surface area contributed by atoms with E-state index in [-0.39, 0.29) is 5.91 Å². The summed E-state index contributed by atoms with van der Waals surface area (Å²) in [6, 6.07) is 6.23. The molecule has 0 bridgehead atoms. The molecule has 1 fully saturated rings. The van der Waals surface area contributed by atoms with Crippen molar-refractivity contribution in [3.63, 3.8) is 0 Å². The Morgan fingerprint density at radius 3 is 2.79 bits per heavy atom. The van der Waals surface area contributed by atoms with Crippen molar-refractivity contribution >= 4 is 17.3 Å². The van der Waals surface area contributed by atoms with Gasteiger partial charge in [0.05, 0.1) is 11.4 Å². The minimum atomic E-state index is -0.0256. The van der Waals surface area contributed by atoms with Gasteiger partial charge in [-0.25, -0.2) is 0 Å². The van der Waals surface area contributed by atoms with E-state index in [2.05, 4.69) is 24.5 Å². The maximum atomic E-state index is 11.9. The number of nitrogens with two attached hydrogens (primary N) is 1. The van der Waals surface area contributed by atoms with E-state index >= 15 is 0 Å². The lowest BCUT2D eigenvalue weighted by Gasteiger charge is -2.16. The Labute approximate surface area is 114 Å². The van der Waals surface area contributed by atoms with Crippen LogP contribution in [0.4, 0.5) is 11.4 Å². The maximum Gasteiger partial charge on any atom is 0.251 e. The summed E-state index contributed by atoms with van der Waals surface area (Å²) < 4.78 is 0. The van der Waals surface area contributed by atoms with Crippen molar-refractivity contribution < 1.29 is 4.79 Å². The number of carbonyl (C=O) groups excluding carboxylic acids is 1. The lowest BCUT2D eigenvalue weighted by Crippen LogP contribution is -2.25. The molecule has 4 N–H and O–H groups in total. The van der Waals surface area contributed by atoms with E-state index in [0.29, 0.717) is 23.3 Å². The second-order valence-electron chi connectivity index (χ2n) is 5.38. The standard InChI is InChI=1S/C15H23N3O/c1-3-4-10(2)17-14-8-5-11(9-13(14)16)15(19)18-12-6-7-12/h5,8-10,12,17H,3-4,6-7,16H2,1-2H3,(H,18,19)/t10-/m1/s1. The summed E-state index contributed by atoms with van der Waals surface area (Å²) >= 11 is 0. The van der Waals surface area contributed by atoms with Crippen LogP contribution in [0.1, 0.15) is 49.9 Å². The first-order chi connectivity index (χ1) is 9.10. The molecule has 2 rings (SSSR count). The molecule has 4 nitrogen and oxygen atoms in total. The molecule has 1 aliphatic carbocycles. The van der Waals surface area contributed by atoms with Crippen LogP contribution in [0.3, 0.4) is 0 Å². The molecule has 0 saturated heterocycles. The van der Waals surface area contributed by atoms with E-state index in [1.54, 1.807) is 6.07 Å². The molecule has 0 aromatic heterocycles. The van der Waals surface area contributed by atoms with E-state index in [9.17, 15) is 4.79 Å². The molecule has 1 amide bonds. The highest BCUT2D eigenvalue weighted by atomic mass is 16.1. The van der Waals surface area contributed by atoms with Crippen LogP contribution in [0.25, 0.3) is 0 Å². The molecule has 0 unspecified atom stereocenters. The summed E-state index contributed by atoms with van der Waals surface area (Å²) in [5, 5.41) is 6.34. The molecule has 1 aromatic rings. The van der Waals surface area contributed by atoms with Gasteiger partial charge in [0.2, 0.25) is 0 Å². The third-order valence-corrected chi connectivity index (χ3v) is 3.35. The predicted molar refractivity (Wildman–Crippen MR) is 79.3 cm³/mol. The lowest BCUT2D eigenvalue weighted by molar-refractivity contribution is 0.0951. The second kappa shape index (κ2) is 5.95. The topological polar surface area (TPSA) is 67.2 Å². The van der Waals surface area contributed by atoms with Crippen molar-refractivity contribution in [1.29, 1.82) is 0 Å². The van der Waals surface area contributed by atoms with Gasteiger partial charge >= 0.3 is 0 Å². The number of hydrogen-bond donors (Lipinski definition) is 3. The van der Waals surface area contributed by atoms with Crippen molar-refractivity contribution in [2.75, 3.05) is 11.1 Å². The maximum absolute atomic E-state index is 11.9.